The maximum Gasteiger partial charge on any atom is 0.435 e. The van der Waals surface area contributed by atoms with E-state index in [1.54, 1.807) is 0 Å². The highest BCUT2D eigenvalue weighted by Gasteiger charge is 2.34. The molecule has 9 heteroatoms. The fraction of sp³-hybridized carbons (Fsp3) is 0.214. The molecule has 0 saturated carbocycles. The minimum atomic E-state index is -4.57. The molecule has 23 heavy (non-hydrogen) atoms. The lowest BCUT2D eigenvalue weighted by Crippen LogP contribution is -2.20. The van der Waals surface area contributed by atoms with Gasteiger partial charge in [0, 0.05) is 11.4 Å². The van der Waals surface area contributed by atoms with Crippen LogP contribution < -0.4 is 5.32 Å². The summed E-state index contributed by atoms with van der Waals surface area (Å²) in [5, 5.41) is 14.6. The van der Waals surface area contributed by atoms with E-state index in [9.17, 15) is 22.8 Å². The minimum Gasteiger partial charge on any atom is -0.478 e. The number of alkyl halides is 3. The van der Waals surface area contributed by atoms with Crippen LogP contribution in [0.5, 0.6) is 0 Å². The molecule has 1 heterocycles. The molecule has 0 aliphatic heterocycles. The number of carboxylic acids is 1. The number of nitrogens with zero attached hydrogens (tertiary/aromatic N) is 2. The number of benzene rings is 1. The third kappa shape index (κ3) is 4.09. The molecule has 1 amide bonds. The van der Waals surface area contributed by atoms with Crippen LogP contribution in [0.1, 0.15) is 21.7 Å². The van der Waals surface area contributed by atoms with Crippen molar-refractivity contribution in [2.45, 2.75) is 19.6 Å². The first-order chi connectivity index (χ1) is 10.7. The summed E-state index contributed by atoms with van der Waals surface area (Å²) in [5.41, 5.74) is -0.469. The number of halogens is 3. The first-order valence-electron chi connectivity index (χ1n) is 6.41. The van der Waals surface area contributed by atoms with E-state index in [4.69, 9.17) is 5.11 Å². The summed E-state index contributed by atoms with van der Waals surface area (Å²) < 4.78 is 38.6. The van der Waals surface area contributed by atoms with E-state index < -0.39 is 23.7 Å². The van der Waals surface area contributed by atoms with Crippen molar-refractivity contribution in [3.05, 3.63) is 47.3 Å². The number of aromatic nitrogens is 2. The Hall–Kier alpha value is -2.84. The predicted molar refractivity (Wildman–Crippen MR) is 74.0 cm³/mol. The Labute approximate surface area is 128 Å². The van der Waals surface area contributed by atoms with Gasteiger partial charge in [0.2, 0.25) is 5.91 Å². The molecule has 2 N–H and O–H groups in total. The third-order valence-corrected chi connectivity index (χ3v) is 2.98. The first-order valence-corrected chi connectivity index (χ1v) is 6.41. The lowest BCUT2D eigenvalue weighted by atomic mass is 10.2. The van der Waals surface area contributed by atoms with Gasteiger partial charge in [-0.25, -0.2) is 4.79 Å². The van der Waals surface area contributed by atoms with Crippen LogP contribution in [-0.2, 0) is 17.5 Å². The van der Waals surface area contributed by atoms with Crippen molar-refractivity contribution in [2.24, 2.45) is 0 Å². The molecule has 1 aromatic heterocycles. The van der Waals surface area contributed by atoms with Crippen LogP contribution in [0.25, 0.3) is 0 Å². The number of amides is 1. The lowest BCUT2D eigenvalue weighted by Gasteiger charge is -2.07. The van der Waals surface area contributed by atoms with E-state index in [1.165, 1.54) is 31.2 Å². The molecule has 122 valence electrons. The Bertz CT molecular complexity index is 736. The molecule has 2 aromatic rings. The monoisotopic (exact) mass is 327 g/mol. The van der Waals surface area contributed by atoms with Crippen LogP contribution in [-0.4, -0.2) is 26.8 Å². The van der Waals surface area contributed by atoms with Crippen molar-refractivity contribution in [1.82, 2.24) is 9.78 Å². The van der Waals surface area contributed by atoms with Crippen LogP contribution in [0.4, 0.5) is 18.9 Å². The zero-order chi connectivity index (χ0) is 17.2. The van der Waals surface area contributed by atoms with Gasteiger partial charge in [0.05, 0.1) is 5.56 Å². The summed E-state index contributed by atoms with van der Waals surface area (Å²) in [5.74, 6) is -1.68. The number of rotatable bonds is 4. The maximum atomic E-state index is 12.5. The number of nitrogens with one attached hydrogen (secondary N) is 1. The predicted octanol–water partition coefficient (Wildman–Crippen LogP) is 2.55. The van der Waals surface area contributed by atoms with Crippen LogP contribution in [0.3, 0.4) is 0 Å². The molecule has 6 nitrogen and oxygen atoms in total. The van der Waals surface area contributed by atoms with Gasteiger partial charge in [0.15, 0.2) is 5.69 Å². The second-order valence-electron chi connectivity index (χ2n) is 4.76. The summed E-state index contributed by atoms with van der Waals surface area (Å²) in [6.07, 6.45) is -4.57. The number of aryl methyl sites for hydroxylation is 1. The van der Waals surface area contributed by atoms with Crippen molar-refractivity contribution in [1.29, 1.82) is 0 Å². The summed E-state index contributed by atoms with van der Waals surface area (Å²) in [4.78, 5) is 22.5. The van der Waals surface area contributed by atoms with Gasteiger partial charge in [0.1, 0.15) is 6.54 Å². The zero-order valence-electron chi connectivity index (χ0n) is 11.9. The van der Waals surface area contributed by atoms with E-state index in [1.807, 2.05) is 0 Å². The SMILES string of the molecule is Cc1cc(C(F)(F)F)nn1CC(=O)Nc1ccc(C(=O)O)cc1. The molecule has 0 fully saturated rings. The highest BCUT2D eigenvalue weighted by atomic mass is 19.4. The first kappa shape index (κ1) is 16.5. The summed E-state index contributed by atoms with van der Waals surface area (Å²) in [6.45, 7) is 1.03. The van der Waals surface area contributed by atoms with Crippen LogP contribution >= 0.6 is 0 Å². The van der Waals surface area contributed by atoms with Gasteiger partial charge in [-0.15, -0.1) is 0 Å². The maximum absolute atomic E-state index is 12.5. The molecule has 0 aliphatic rings. The van der Waals surface area contributed by atoms with Crippen LogP contribution in [0.15, 0.2) is 30.3 Å². The highest BCUT2D eigenvalue weighted by molar-refractivity contribution is 5.92. The Balaban J connectivity index is 2.05. The van der Waals surface area contributed by atoms with Crippen molar-refractivity contribution >= 4 is 17.6 Å². The van der Waals surface area contributed by atoms with Gasteiger partial charge < -0.3 is 10.4 Å². The van der Waals surface area contributed by atoms with Crippen molar-refractivity contribution in [3.63, 3.8) is 0 Å². The number of carbonyl (C=O) groups is 2. The molecule has 1 aromatic carbocycles. The second-order valence-corrected chi connectivity index (χ2v) is 4.76. The summed E-state index contributed by atoms with van der Waals surface area (Å²) in [7, 11) is 0. The van der Waals surface area contributed by atoms with E-state index >= 15 is 0 Å². The molecule has 0 saturated heterocycles. The largest absolute Gasteiger partial charge is 0.478 e. The van der Waals surface area contributed by atoms with Crippen LogP contribution in [0.2, 0.25) is 0 Å². The normalized spacial score (nSPS) is 11.3. The lowest BCUT2D eigenvalue weighted by molar-refractivity contribution is -0.141. The number of hydrogen-bond donors (Lipinski definition) is 2. The van der Waals surface area contributed by atoms with Crippen LogP contribution in [0, 0.1) is 6.92 Å². The number of aromatic carboxylic acids is 1. The molecule has 2 rings (SSSR count). The highest BCUT2D eigenvalue weighted by Crippen LogP contribution is 2.28. The number of carbonyl (C=O) groups excluding carboxylic acids is 1. The summed E-state index contributed by atoms with van der Waals surface area (Å²) >= 11 is 0. The fourth-order valence-electron chi connectivity index (χ4n) is 1.84. The number of carboxylic acid groups (broad SMARTS) is 1. The van der Waals surface area contributed by atoms with E-state index in [2.05, 4.69) is 10.4 Å². The minimum absolute atomic E-state index is 0.0562. The molecule has 0 unspecified atom stereocenters. The molecular formula is C14H12F3N3O3. The topological polar surface area (TPSA) is 84.2 Å². The average molecular weight is 327 g/mol. The molecule has 0 atom stereocenters. The Morgan fingerprint density at radius 2 is 1.87 bits per heavy atom. The van der Waals surface area contributed by atoms with E-state index in [-0.39, 0.29) is 17.8 Å². The van der Waals surface area contributed by atoms with Gasteiger partial charge in [-0.2, -0.15) is 18.3 Å². The smallest absolute Gasteiger partial charge is 0.435 e. The average Bonchev–Trinajstić information content (AvgIpc) is 2.80. The molecular weight excluding hydrogens is 315 g/mol. The standard InChI is InChI=1S/C14H12F3N3O3/c1-8-6-11(14(15,16)17)19-20(8)7-12(21)18-10-4-2-9(3-5-10)13(22)23/h2-6H,7H2,1H3,(H,18,21)(H,22,23). The van der Waals surface area contributed by atoms with Gasteiger partial charge in [-0.1, -0.05) is 0 Å². The number of anilines is 1. The Morgan fingerprint density at radius 3 is 2.35 bits per heavy atom. The van der Waals surface area contributed by atoms with Gasteiger partial charge in [-0.05, 0) is 37.3 Å². The van der Waals surface area contributed by atoms with Crippen molar-refractivity contribution in [3.8, 4) is 0 Å². The molecule has 0 bridgehead atoms. The van der Waals surface area contributed by atoms with Gasteiger partial charge in [0.25, 0.3) is 0 Å². The third-order valence-electron chi connectivity index (χ3n) is 2.98. The molecule has 0 radical (unpaired) electrons. The fourth-order valence-corrected chi connectivity index (χ4v) is 1.84. The quantitative estimate of drug-likeness (QED) is 0.904. The Kier molecular flexibility index (Phi) is 4.39. The van der Waals surface area contributed by atoms with Crippen molar-refractivity contribution in [2.75, 3.05) is 5.32 Å². The second kappa shape index (κ2) is 6.11. The van der Waals surface area contributed by atoms with E-state index in [0.717, 1.165) is 10.7 Å². The summed E-state index contributed by atoms with van der Waals surface area (Å²) in [6, 6.07) is 6.24. The Morgan fingerprint density at radius 1 is 1.26 bits per heavy atom. The van der Waals surface area contributed by atoms with Gasteiger partial charge >= 0.3 is 12.1 Å². The van der Waals surface area contributed by atoms with Gasteiger partial charge in [-0.3, -0.25) is 9.48 Å². The number of hydrogen-bond acceptors (Lipinski definition) is 3. The molecule has 0 spiro atoms. The molecule has 0 aliphatic carbocycles. The van der Waals surface area contributed by atoms with E-state index in [0.29, 0.717) is 5.69 Å². The zero-order valence-corrected chi connectivity index (χ0v) is 11.9. The van der Waals surface area contributed by atoms with Crippen molar-refractivity contribution < 1.29 is 27.9 Å².